The Morgan fingerprint density at radius 2 is 1.79 bits per heavy atom. The molecule has 1 unspecified atom stereocenters. The molecule has 1 N–H and O–H groups in total. The summed E-state index contributed by atoms with van der Waals surface area (Å²) in [5.74, 6) is -0.138. The molecule has 0 aliphatic heterocycles. The van der Waals surface area contributed by atoms with Crippen LogP contribution in [0.25, 0.3) is 0 Å². The van der Waals surface area contributed by atoms with Gasteiger partial charge in [-0.05, 0) is 30.0 Å². The van der Waals surface area contributed by atoms with Crippen molar-refractivity contribution in [2.75, 3.05) is 0 Å². The highest BCUT2D eigenvalue weighted by atomic mass is 79.9. The summed E-state index contributed by atoms with van der Waals surface area (Å²) in [5.41, 5.74) is -0.272. The number of nitrogens with one attached hydrogen (secondary N) is 1. The smallest absolute Gasteiger partial charge is 0.225 e. The summed E-state index contributed by atoms with van der Waals surface area (Å²) in [6, 6.07) is 9.79. The standard InChI is InChI=1S/C15H19BrN2O/c1-14(2,3)15(4,10-17)18-13(19)9-11-5-7-12(16)8-6-11/h5-8H,9H2,1-4H3,(H,18,19). The van der Waals surface area contributed by atoms with E-state index in [1.54, 1.807) is 6.92 Å². The molecule has 0 aromatic heterocycles. The first kappa shape index (κ1) is 15.7. The van der Waals surface area contributed by atoms with E-state index in [1.807, 2.05) is 45.0 Å². The highest BCUT2D eigenvalue weighted by Crippen LogP contribution is 2.29. The first-order chi connectivity index (χ1) is 8.68. The maximum Gasteiger partial charge on any atom is 0.225 e. The summed E-state index contributed by atoms with van der Waals surface area (Å²) in [4.78, 5) is 12.0. The highest BCUT2D eigenvalue weighted by molar-refractivity contribution is 9.10. The van der Waals surface area contributed by atoms with E-state index >= 15 is 0 Å². The molecule has 0 aliphatic rings. The van der Waals surface area contributed by atoms with Crippen molar-refractivity contribution in [2.24, 2.45) is 5.41 Å². The SMILES string of the molecule is CC(C)(C)C(C)(C#N)NC(=O)Cc1ccc(Br)cc1. The molecular weight excluding hydrogens is 304 g/mol. The number of halogens is 1. The molecule has 3 nitrogen and oxygen atoms in total. The quantitative estimate of drug-likeness (QED) is 0.926. The molecule has 0 fully saturated rings. The van der Waals surface area contributed by atoms with Crippen LogP contribution in [0.2, 0.25) is 0 Å². The predicted octanol–water partition coefficient (Wildman–Crippen LogP) is 3.44. The fourth-order valence-corrected chi connectivity index (χ4v) is 1.76. The average Bonchev–Trinajstić information content (AvgIpc) is 2.30. The van der Waals surface area contributed by atoms with Crippen LogP contribution < -0.4 is 5.32 Å². The Morgan fingerprint density at radius 1 is 1.26 bits per heavy atom. The van der Waals surface area contributed by atoms with Crippen LogP contribution in [-0.2, 0) is 11.2 Å². The topological polar surface area (TPSA) is 52.9 Å². The number of benzene rings is 1. The van der Waals surface area contributed by atoms with Crippen molar-refractivity contribution in [2.45, 2.75) is 39.7 Å². The molecular formula is C15H19BrN2O. The van der Waals surface area contributed by atoms with Crippen molar-refractivity contribution < 1.29 is 4.79 Å². The number of carbonyl (C=O) groups excluding carboxylic acids is 1. The van der Waals surface area contributed by atoms with Gasteiger partial charge in [-0.2, -0.15) is 5.26 Å². The third-order valence-electron chi connectivity index (χ3n) is 3.39. The molecule has 0 spiro atoms. The number of hydrogen-bond acceptors (Lipinski definition) is 2. The van der Waals surface area contributed by atoms with Gasteiger partial charge >= 0.3 is 0 Å². The summed E-state index contributed by atoms with van der Waals surface area (Å²) in [6.45, 7) is 7.58. The molecule has 102 valence electrons. The van der Waals surface area contributed by atoms with E-state index in [9.17, 15) is 10.1 Å². The van der Waals surface area contributed by atoms with Crippen LogP contribution >= 0.6 is 15.9 Å². The van der Waals surface area contributed by atoms with Gasteiger partial charge in [-0.3, -0.25) is 4.79 Å². The fourth-order valence-electron chi connectivity index (χ4n) is 1.49. The van der Waals surface area contributed by atoms with Crippen LogP contribution in [0.4, 0.5) is 0 Å². The molecule has 1 rings (SSSR count). The van der Waals surface area contributed by atoms with Crippen molar-refractivity contribution in [3.8, 4) is 6.07 Å². The van der Waals surface area contributed by atoms with Crippen LogP contribution in [0.3, 0.4) is 0 Å². The lowest BCUT2D eigenvalue weighted by Gasteiger charge is -2.36. The number of nitriles is 1. The zero-order valence-electron chi connectivity index (χ0n) is 11.7. The Kier molecular flexibility index (Phi) is 4.75. The third kappa shape index (κ3) is 4.07. The van der Waals surface area contributed by atoms with Crippen LogP contribution in [-0.4, -0.2) is 11.4 Å². The van der Waals surface area contributed by atoms with E-state index in [0.29, 0.717) is 0 Å². The number of amides is 1. The minimum Gasteiger partial charge on any atom is -0.337 e. The van der Waals surface area contributed by atoms with Gasteiger partial charge < -0.3 is 5.32 Å². The Hall–Kier alpha value is -1.34. The number of rotatable bonds is 3. The summed E-state index contributed by atoms with van der Waals surface area (Å²) >= 11 is 3.35. The summed E-state index contributed by atoms with van der Waals surface area (Å²) in [6.07, 6.45) is 0.278. The van der Waals surface area contributed by atoms with Crippen LogP contribution in [0.1, 0.15) is 33.3 Å². The zero-order valence-corrected chi connectivity index (χ0v) is 13.3. The molecule has 1 atom stereocenters. The van der Waals surface area contributed by atoms with Gasteiger partial charge in [0.15, 0.2) is 0 Å². The maximum atomic E-state index is 12.0. The van der Waals surface area contributed by atoms with E-state index in [4.69, 9.17) is 0 Å². The molecule has 4 heteroatoms. The average molecular weight is 323 g/mol. The molecule has 1 amide bonds. The lowest BCUT2D eigenvalue weighted by atomic mass is 9.76. The molecule has 0 bridgehead atoms. The van der Waals surface area contributed by atoms with Gasteiger partial charge in [0.25, 0.3) is 0 Å². The van der Waals surface area contributed by atoms with Crippen LogP contribution in [0, 0.1) is 16.7 Å². The van der Waals surface area contributed by atoms with E-state index in [-0.39, 0.29) is 17.7 Å². The summed E-state index contributed by atoms with van der Waals surface area (Å²) in [7, 11) is 0. The molecule has 0 heterocycles. The lowest BCUT2D eigenvalue weighted by molar-refractivity contribution is -0.122. The fraction of sp³-hybridized carbons (Fsp3) is 0.467. The molecule has 0 saturated heterocycles. The molecule has 0 radical (unpaired) electrons. The van der Waals surface area contributed by atoms with Gasteiger partial charge in [0.05, 0.1) is 12.5 Å². The zero-order chi connectivity index (χ0) is 14.7. The van der Waals surface area contributed by atoms with Gasteiger partial charge in [0, 0.05) is 4.47 Å². The normalized spacial score (nSPS) is 14.3. The van der Waals surface area contributed by atoms with Crippen molar-refractivity contribution in [1.82, 2.24) is 5.32 Å². The van der Waals surface area contributed by atoms with Gasteiger partial charge in [-0.15, -0.1) is 0 Å². The molecule has 19 heavy (non-hydrogen) atoms. The minimum absolute atomic E-state index is 0.138. The molecule has 1 aromatic rings. The molecule has 0 aliphatic carbocycles. The van der Waals surface area contributed by atoms with Crippen molar-refractivity contribution in [3.05, 3.63) is 34.3 Å². The monoisotopic (exact) mass is 322 g/mol. The van der Waals surface area contributed by atoms with Crippen molar-refractivity contribution in [1.29, 1.82) is 5.26 Å². The first-order valence-electron chi connectivity index (χ1n) is 6.15. The van der Waals surface area contributed by atoms with Crippen molar-refractivity contribution >= 4 is 21.8 Å². The molecule has 0 saturated carbocycles. The largest absolute Gasteiger partial charge is 0.337 e. The van der Waals surface area contributed by atoms with Crippen molar-refractivity contribution in [3.63, 3.8) is 0 Å². The Morgan fingerprint density at radius 3 is 2.21 bits per heavy atom. The number of hydrogen-bond donors (Lipinski definition) is 1. The van der Waals surface area contributed by atoms with Crippen LogP contribution in [0.5, 0.6) is 0 Å². The summed E-state index contributed by atoms with van der Waals surface area (Å²) in [5, 5.41) is 12.1. The maximum absolute atomic E-state index is 12.0. The second-order valence-electron chi connectivity index (χ2n) is 5.84. The number of carbonyl (C=O) groups is 1. The van der Waals surface area contributed by atoms with E-state index < -0.39 is 5.54 Å². The Balaban J connectivity index is 2.75. The first-order valence-corrected chi connectivity index (χ1v) is 6.94. The van der Waals surface area contributed by atoms with Gasteiger partial charge in [-0.25, -0.2) is 0 Å². The van der Waals surface area contributed by atoms with E-state index in [1.165, 1.54) is 0 Å². The molecule has 1 aromatic carbocycles. The second-order valence-corrected chi connectivity index (χ2v) is 6.75. The van der Waals surface area contributed by atoms with E-state index in [0.717, 1.165) is 10.0 Å². The lowest BCUT2D eigenvalue weighted by Crippen LogP contribution is -2.54. The van der Waals surface area contributed by atoms with Gasteiger partial charge in [-0.1, -0.05) is 48.8 Å². The van der Waals surface area contributed by atoms with Crippen LogP contribution in [0.15, 0.2) is 28.7 Å². The third-order valence-corrected chi connectivity index (χ3v) is 3.92. The van der Waals surface area contributed by atoms with Gasteiger partial charge in [0.1, 0.15) is 5.54 Å². The highest BCUT2D eigenvalue weighted by Gasteiger charge is 2.38. The predicted molar refractivity (Wildman–Crippen MR) is 79.5 cm³/mol. The van der Waals surface area contributed by atoms with Gasteiger partial charge in [0.2, 0.25) is 5.91 Å². The summed E-state index contributed by atoms with van der Waals surface area (Å²) < 4.78 is 0.980. The number of nitrogens with zero attached hydrogens (tertiary/aromatic N) is 1. The Bertz CT molecular complexity index is 496. The minimum atomic E-state index is -0.876. The second kappa shape index (κ2) is 5.75. The Labute approximate surface area is 123 Å². The van der Waals surface area contributed by atoms with E-state index in [2.05, 4.69) is 27.3 Å².